The zero-order valence-electron chi connectivity index (χ0n) is 30.3. The average Bonchev–Trinajstić information content (AvgIpc) is 3.84. The quantitative estimate of drug-likeness (QED) is 0.175. The molecule has 3 heterocycles. The maximum atomic E-state index is 5.18. The zero-order valence-corrected chi connectivity index (χ0v) is 30.3. The van der Waals surface area contributed by atoms with E-state index < -0.39 is 0 Å². The fraction of sp³-hybridized carbons (Fsp3) is 0. The monoisotopic (exact) mass is 711 g/mol. The Morgan fingerprint density at radius 1 is 0.286 bits per heavy atom. The van der Waals surface area contributed by atoms with E-state index in [-0.39, 0.29) is 0 Å². The number of hydrogen-bond acceptors (Lipinski definition) is 1. The van der Waals surface area contributed by atoms with Gasteiger partial charge in [-0.2, -0.15) is 0 Å². The zero-order chi connectivity index (χ0) is 36.7. The summed E-state index contributed by atoms with van der Waals surface area (Å²) in [5.41, 5.74) is 15.0. The molecule has 0 unspecified atom stereocenters. The average molecular weight is 712 g/mol. The lowest BCUT2D eigenvalue weighted by molar-refractivity contribution is 1.43. The van der Waals surface area contributed by atoms with Crippen LogP contribution in [0.3, 0.4) is 0 Å². The maximum Gasteiger partial charge on any atom is 0.0786 e. The van der Waals surface area contributed by atoms with Crippen LogP contribution in [0, 0.1) is 0 Å². The molecule has 0 radical (unpaired) electrons. The van der Waals surface area contributed by atoms with Crippen LogP contribution < -0.4 is 0 Å². The standard InChI is InChI=1S/C53H33N3/c1-3-14-32(15-4-1)34-26-44-38-20-9-11-23-49(38)55-52(44)46(28-34)42-31-48-41(36-18-7-8-19-37(36)42)30-43(40-22-13-25-54-51(40)48)47-29-35(33-16-5-2-6-17-33)27-45-39-21-10-12-24-50(39)56-53(45)47/h1-31,55-56H. The summed E-state index contributed by atoms with van der Waals surface area (Å²) in [6, 6.07) is 66.1. The Kier molecular flexibility index (Phi) is 6.63. The van der Waals surface area contributed by atoms with Crippen molar-refractivity contribution >= 4 is 76.1 Å². The Morgan fingerprint density at radius 2 is 0.750 bits per heavy atom. The van der Waals surface area contributed by atoms with E-state index in [1.54, 1.807) is 0 Å². The van der Waals surface area contributed by atoms with Crippen LogP contribution >= 0.6 is 0 Å². The van der Waals surface area contributed by atoms with Gasteiger partial charge in [-0.1, -0.05) is 127 Å². The van der Waals surface area contributed by atoms with Gasteiger partial charge in [-0.25, -0.2) is 0 Å². The molecule has 0 aliphatic rings. The molecule has 0 spiro atoms. The largest absolute Gasteiger partial charge is 0.354 e. The second-order valence-corrected chi connectivity index (χ2v) is 14.9. The maximum absolute atomic E-state index is 5.18. The summed E-state index contributed by atoms with van der Waals surface area (Å²) in [6.45, 7) is 0. The topological polar surface area (TPSA) is 44.5 Å². The lowest BCUT2D eigenvalue weighted by Crippen LogP contribution is -1.92. The highest BCUT2D eigenvalue weighted by Crippen LogP contribution is 2.46. The Balaban J connectivity index is 1.20. The molecule has 0 saturated heterocycles. The predicted molar refractivity (Wildman–Crippen MR) is 237 cm³/mol. The van der Waals surface area contributed by atoms with Gasteiger partial charge in [0.05, 0.1) is 16.6 Å². The number of nitrogens with one attached hydrogen (secondary N) is 2. The van der Waals surface area contributed by atoms with Crippen molar-refractivity contribution in [3.05, 3.63) is 188 Å². The van der Waals surface area contributed by atoms with Crippen molar-refractivity contribution in [3.8, 4) is 44.5 Å². The molecule has 2 N–H and O–H groups in total. The van der Waals surface area contributed by atoms with Crippen molar-refractivity contribution in [1.82, 2.24) is 15.0 Å². The Morgan fingerprint density at radius 3 is 1.34 bits per heavy atom. The van der Waals surface area contributed by atoms with Gasteiger partial charge in [-0.05, 0) is 104 Å². The molecule has 0 aliphatic heterocycles. The van der Waals surface area contributed by atoms with Gasteiger partial charge in [0.2, 0.25) is 0 Å². The highest BCUT2D eigenvalue weighted by Gasteiger charge is 2.21. The molecule has 9 aromatic carbocycles. The molecule has 0 fully saturated rings. The second-order valence-electron chi connectivity index (χ2n) is 14.9. The number of fused-ring (bicyclic) bond motifs is 11. The van der Waals surface area contributed by atoms with Crippen LogP contribution in [0.25, 0.3) is 121 Å². The fourth-order valence-electron chi connectivity index (χ4n) is 9.18. The van der Waals surface area contributed by atoms with Gasteiger partial charge in [-0.15, -0.1) is 0 Å². The normalized spacial score (nSPS) is 11.9. The van der Waals surface area contributed by atoms with Gasteiger partial charge in [0, 0.05) is 60.7 Å². The Bertz CT molecular complexity index is 3280. The minimum absolute atomic E-state index is 0.994. The first kappa shape index (κ1) is 30.9. The van der Waals surface area contributed by atoms with Crippen molar-refractivity contribution in [1.29, 1.82) is 0 Å². The summed E-state index contributed by atoms with van der Waals surface area (Å²) >= 11 is 0. The summed E-state index contributed by atoms with van der Waals surface area (Å²) in [4.78, 5) is 12.8. The van der Waals surface area contributed by atoms with Gasteiger partial charge < -0.3 is 9.97 Å². The van der Waals surface area contributed by atoms with Crippen LogP contribution in [0.2, 0.25) is 0 Å². The summed E-state index contributed by atoms with van der Waals surface area (Å²) in [6.07, 6.45) is 1.94. The molecule has 0 atom stereocenters. The smallest absolute Gasteiger partial charge is 0.0786 e. The molecule has 12 rings (SSSR count). The number of hydrogen-bond donors (Lipinski definition) is 2. The Hall–Kier alpha value is -7.49. The molecule has 56 heavy (non-hydrogen) atoms. The molecule has 3 aromatic heterocycles. The molecule has 0 bridgehead atoms. The predicted octanol–water partition coefficient (Wildman–Crippen LogP) is 14.5. The van der Waals surface area contributed by atoms with E-state index in [0.717, 1.165) is 43.9 Å². The van der Waals surface area contributed by atoms with Gasteiger partial charge >= 0.3 is 0 Å². The van der Waals surface area contributed by atoms with Crippen LogP contribution in [-0.2, 0) is 0 Å². The molecular formula is C53H33N3. The minimum Gasteiger partial charge on any atom is -0.354 e. The number of pyridine rings is 1. The van der Waals surface area contributed by atoms with Gasteiger partial charge in [0.25, 0.3) is 0 Å². The van der Waals surface area contributed by atoms with Crippen LogP contribution in [0.5, 0.6) is 0 Å². The van der Waals surface area contributed by atoms with Crippen LogP contribution in [0.4, 0.5) is 0 Å². The van der Waals surface area contributed by atoms with E-state index in [2.05, 4.69) is 192 Å². The second kappa shape index (κ2) is 12.0. The van der Waals surface area contributed by atoms with Crippen LogP contribution in [0.15, 0.2) is 188 Å². The number of nitrogens with zero attached hydrogens (tertiary/aromatic N) is 1. The molecule has 12 aromatic rings. The molecule has 0 saturated carbocycles. The van der Waals surface area contributed by atoms with E-state index in [4.69, 9.17) is 4.98 Å². The Labute approximate surface area is 322 Å². The molecule has 0 aliphatic carbocycles. The SMILES string of the molecule is c1ccc(-c2cc(-c3cc4c(cc(-c5cc(-c6ccccc6)cc6c5[nH]c5ccccc56)c5cccnc54)c4ccccc34)c3[nH]c4ccccc4c3c2)cc1. The minimum atomic E-state index is 0.994. The number of rotatable bonds is 4. The van der Waals surface area contributed by atoms with Crippen molar-refractivity contribution < 1.29 is 0 Å². The first-order chi connectivity index (χ1) is 27.8. The van der Waals surface area contributed by atoms with Gasteiger partial charge in [0.1, 0.15) is 0 Å². The van der Waals surface area contributed by atoms with E-state index >= 15 is 0 Å². The molecule has 260 valence electrons. The van der Waals surface area contributed by atoms with E-state index in [1.165, 1.54) is 76.6 Å². The highest BCUT2D eigenvalue weighted by molar-refractivity contribution is 6.26. The van der Waals surface area contributed by atoms with E-state index in [9.17, 15) is 0 Å². The summed E-state index contributed by atoms with van der Waals surface area (Å²) in [7, 11) is 0. The number of benzene rings is 9. The van der Waals surface area contributed by atoms with E-state index in [1.807, 2.05) is 6.20 Å². The summed E-state index contributed by atoms with van der Waals surface area (Å²) in [5.74, 6) is 0. The van der Waals surface area contributed by atoms with Gasteiger partial charge in [-0.3, -0.25) is 4.98 Å². The van der Waals surface area contributed by atoms with E-state index in [0.29, 0.717) is 0 Å². The first-order valence-corrected chi connectivity index (χ1v) is 19.2. The van der Waals surface area contributed by atoms with Crippen molar-refractivity contribution in [2.45, 2.75) is 0 Å². The van der Waals surface area contributed by atoms with Crippen molar-refractivity contribution in [3.63, 3.8) is 0 Å². The molecule has 3 nitrogen and oxygen atoms in total. The van der Waals surface area contributed by atoms with Crippen molar-refractivity contribution in [2.24, 2.45) is 0 Å². The van der Waals surface area contributed by atoms with Gasteiger partial charge in [0.15, 0.2) is 0 Å². The summed E-state index contributed by atoms with van der Waals surface area (Å²) < 4.78 is 0. The number of aromatic nitrogens is 3. The fourth-order valence-corrected chi connectivity index (χ4v) is 9.18. The number of para-hydroxylation sites is 2. The summed E-state index contributed by atoms with van der Waals surface area (Å²) in [5, 5.41) is 10.8. The lowest BCUT2D eigenvalue weighted by Gasteiger charge is -2.17. The number of aromatic amines is 2. The van der Waals surface area contributed by atoms with Crippen LogP contribution in [0.1, 0.15) is 0 Å². The molecule has 3 heteroatoms. The molecule has 0 amide bonds. The molecular weight excluding hydrogens is 679 g/mol. The van der Waals surface area contributed by atoms with Crippen molar-refractivity contribution in [2.75, 3.05) is 0 Å². The lowest BCUT2D eigenvalue weighted by atomic mass is 9.87. The van der Waals surface area contributed by atoms with Crippen LogP contribution in [-0.4, -0.2) is 15.0 Å². The highest BCUT2D eigenvalue weighted by atomic mass is 14.7. The first-order valence-electron chi connectivity index (χ1n) is 19.2. The number of H-pyrrole nitrogens is 2. The third-order valence-corrected chi connectivity index (χ3v) is 11.8. The third kappa shape index (κ3) is 4.61. The third-order valence-electron chi connectivity index (χ3n) is 11.8.